The Hall–Kier alpha value is -4.66. The van der Waals surface area contributed by atoms with Crippen LogP contribution in [0.5, 0.6) is 11.5 Å². The van der Waals surface area contributed by atoms with Crippen LogP contribution in [0.3, 0.4) is 0 Å². The number of ketones is 1. The van der Waals surface area contributed by atoms with Crippen LogP contribution in [0.2, 0.25) is 0 Å². The molecule has 212 valence electrons. The molecule has 0 bridgehead atoms. The third kappa shape index (κ3) is 5.52. The maximum Gasteiger partial charge on any atom is 0.299 e. The molecule has 0 saturated heterocycles. The van der Waals surface area contributed by atoms with Crippen molar-refractivity contribution >= 4 is 34.9 Å². The molecule has 1 N–H and O–H groups in total. The zero-order valence-corrected chi connectivity index (χ0v) is 23.2. The molecule has 3 aromatic carbocycles. The standard InChI is InChI=1S/C32H33N3O6/c1-40-24-14-10-22(11-15-24)20-35(28(36)21-34-27-9-5-4-8-26(27)29(37)30(34)38)32(18-6-3-7-19-32)31(39)33-23-12-16-25(41-2)17-13-23/h4-5,8-17H,3,6-7,18-21H2,1-2H3,(H,33,39). The lowest BCUT2D eigenvalue weighted by Crippen LogP contribution is -2.61. The molecule has 0 unspecified atom stereocenters. The minimum atomic E-state index is -1.15. The highest BCUT2D eigenvalue weighted by Crippen LogP contribution is 2.37. The Balaban J connectivity index is 1.50. The Kier molecular flexibility index (Phi) is 8.05. The second kappa shape index (κ2) is 11.8. The van der Waals surface area contributed by atoms with Crippen LogP contribution < -0.4 is 19.7 Å². The van der Waals surface area contributed by atoms with Crippen LogP contribution in [0.1, 0.15) is 48.0 Å². The number of nitrogens with one attached hydrogen (secondary N) is 1. The molecule has 5 rings (SSSR count). The summed E-state index contributed by atoms with van der Waals surface area (Å²) < 4.78 is 10.5. The van der Waals surface area contributed by atoms with Gasteiger partial charge in [0.15, 0.2) is 0 Å². The number of hydrogen-bond donors (Lipinski definition) is 1. The fourth-order valence-electron chi connectivity index (χ4n) is 5.70. The fourth-order valence-corrected chi connectivity index (χ4v) is 5.70. The van der Waals surface area contributed by atoms with Gasteiger partial charge in [0.05, 0.1) is 25.5 Å². The van der Waals surface area contributed by atoms with Gasteiger partial charge in [0, 0.05) is 12.2 Å². The summed E-state index contributed by atoms with van der Waals surface area (Å²) in [5.74, 6) is -0.742. The molecule has 3 amide bonds. The first-order chi connectivity index (χ1) is 19.9. The predicted octanol–water partition coefficient (Wildman–Crippen LogP) is 4.60. The zero-order valence-electron chi connectivity index (χ0n) is 23.2. The van der Waals surface area contributed by atoms with Crippen LogP contribution in [-0.2, 0) is 20.9 Å². The van der Waals surface area contributed by atoms with Gasteiger partial charge in [0.25, 0.3) is 11.7 Å². The van der Waals surface area contributed by atoms with E-state index in [0.717, 1.165) is 24.8 Å². The van der Waals surface area contributed by atoms with Gasteiger partial charge in [0.1, 0.15) is 23.6 Å². The molecule has 41 heavy (non-hydrogen) atoms. The lowest BCUT2D eigenvalue weighted by Gasteiger charge is -2.45. The van der Waals surface area contributed by atoms with E-state index in [2.05, 4.69) is 5.32 Å². The number of para-hydroxylation sites is 1. The Morgan fingerprint density at radius 1 is 0.854 bits per heavy atom. The van der Waals surface area contributed by atoms with Crippen molar-refractivity contribution in [3.8, 4) is 11.5 Å². The van der Waals surface area contributed by atoms with Crippen LogP contribution in [0.25, 0.3) is 0 Å². The largest absolute Gasteiger partial charge is 0.497 e. The van der Waals surface area contributed by atoms with E-state index in [4.69, 9.17) is 9.47 Å². The number of fused-ring (bicyclic) bond motifs is 1. The molecule has 0 spiro atoms. The van der Waals surface area contributed by atoms with E-state index >= 15 is 0 Å². The van der Waals surface area contributed by atoms with E-state index in [1.165, 1.54) is 4.90 Å². The molecule has 1 fully saturated rings. The third-order valence-corrected chi connectivity index (χ3v) is 7.94. The van der Waals surface area contributed by atoms with Gasteiger partial charge in [-0.25, -0.2) is 0 Å². The van der Waals surface area contributed by atoms with E-state index in [0.29, 0.717) is 35.7 Å². The molecule has 1 aliphatic heterocycles. The van der Waals surface area contributed by atoms with Gasteiger partial charge in [-0.15, -0.1) is 0 Å². The van der Waals surface area contributed by atoms with Gasteiger partial charge in [-0.2, -0.15) is 0 Å². The summed E-state index contributed by atoms with van der Waals surface area (Å²) in [7, 11) is 3.15. The number of ether oxygens (including phenoxy) is 2. The monoisotopic (exact) mass is 555 g/mol. The fraction of sp³-hybridized carbons (Fsp3) is 0.312. The van der Waals surface area contributed by atoms with Crippen LogP contribution >= 0.6 is 0 Å². The normalized spacial score (nSPS) is 15.7. The van der Waals surface area contributed by atoms with Gasteiger partial charge in [-0.05, 0) is 66.9 Å². The van der Waals surface area contributed by atoms with Crippen molar-refractivity contribution in [2.75, 3.05) is 31.0 Å². The quantitative estimate of drug-likeness (QED) is 0.387. The molecule has 1 heterocycles. The van der Waals surface area contributed by atoms with Gasteiger partial charge < -0.3 is 19.7 Å². The topological polar surface area (TPSA) is 105 Å². The third-order valence-electron chi connectivity index (χ3n) is 7.94. The van der Waals surface area contributed by atoms with Crippen LogP contribution in [-0.4, -0.2) is 54.7 Å². The average molecular weight is 556 g/mol. The maximum atomic E-state index is 14.2. The molecule has 1 saturated carbocycles. The van der Waals surface area contributed by atoms with Crippen molar-refractivity contribution in [2.24, 2.45) is 0 Å². The van der Waals surface area contributed by atoms with Crippen LogP contribution in [0.15, 0.2) is 72.8 Å². The van der Waals surface area contributed by atoms with Crippen LogP contribution in [0, 0.1) is 0 Å². The SMILES string of the molecule is COc1ccc(CN(C(=O)CN2C(=O)C(=O)c3ccccc32)C2(C(=O)Nc3ccc(OC)cc3)CCCCC2)cc1. The summed E-state index contributed by atoms with van der Waals surface area (Å²) in [6.07, 6.45) is 3.44. The number of amides is 3. The van der Waals surface area contributed by atoms with E-state index in [9.17, 15) is 19.2 Å². The summed E-state index contributed by atoms with van der Waals surface area (Å²) in [6.45, 7) is -0.203. The van der Waals surface area contributed by atoms with Gasteiger partial charge >= 0.3 is 0 Å². The van der Waals surface area contributed by atoms with Crippen molar-refractivity contribution in [2.45, 2.75) is 44.2 Å². The zero-order chi connectivity index (χ0) is 29.0. The van der Waals surface area contributed by atoms with Crippen molar-refractivity contribution in [3.05, 3.63) is 83.9 Å². The molecular weight excluding hydrogens is 522 g/mol. The molecule has 0 radical (unpaired) electrons. The number of rotatable bonds is 9. The summed E-state index contributed by atoms with van der Waals surface area (Å²) in [5.41, 5.74) is 0.927. The van der Waals surface area contributed by atoms with E-state index in [1.54, 1.807) is 67.7 Å². The molecular formula is C32H33N3O6. The summed E-state index contributed by atoms with van der Waals surface area (Å²) in [6, 6.07) is 21.0. The molecule has 0 aromatic heterocycles. The van der Waals surface area contributed by atoms with Crippen molar-refractivity contribution < 1.29 is 28.7 Å². The number of carbonyl (C=O) groups is 4. The molecule has 9 heteroatoms. The molecule has 2 aliphatic rings. The maximum absolute atomic E-state index is 14.2. The highest BCUT2D eigenvalue weighted by molar-refractivity contribution is 6.52. The number of nitrogens with zero attached hydrogens (tertiary/aromatic N) is 2. The average Bonchev–Trinajstić information content (AvgIpc) is 3.25. The van der Waals surface area contributed by atoms with E-state index in [-0.39, 0.29) is 24.6 Å². The Bertz CT molecular complexity index is 1450. The highest BCUT2D eigenvalue weighted by Gasteiger charge is 2.48. The number of Topliss-reactive ketones (excluding diaryl/α,β-unsaturated/α-hetero) is 1. The second-order valence-electron chi connectivity index (χ2n) is 10.3. The first-order valence-corrected chi connectivity index (χ1v) is 13.7. The minimum absolute atomic E-state index is 0.149. The van der Waals surface area contributed by atoms with Gasteiger partial charge in [0.2, 0.25) is 11.8 Å². The molecule has 9 nitrogen and oxygen atoms in total. The summed E-state index contributed by atoms with van der Waals surface area (Å²) in [5, 5.41) is 3.03. The van der Waals surface area contributed by atoms with Gasteiger partial charge in [-0.1, -0.05) is 43.5 Å². The smallest absolute Gasteiger partial charge is 0.299 e. The van der Waals surface area contributed by atoms with Crippen molar-refractivity contribution in [1.82, 2.24) is 4.90 Å². The van der Waals surface area contributed by atoms with Crippen molar-refractivity contribution in [1.29, 1.82) is 0 Å². The van der Waals surface area contributed by atoms with E-state index < -0.39 is 23.1 Å². The van der Waals surface area contributed by atoms with E-state index in [1.807, 2.05) is 24.3 Å². The number of carbonyl (C=O) groups excluding carboxylic acids is 4. The van der Waals surface area contributed by atoms with Crippen LogP contribution in [0.4, 0.5) is 11.4 Å². The Morgan fingerprint density at radius 3 is 2.10 bits per heavy atom. The molecule has 1 aliphatic carbocycles. The molecule has 0 atom stereocenters. The van der Waals surface area contributed by atoms with Crippen molar-refractivity contribution in [3.63, 3.8) is 0 Å². The number of benzene rings is 3. The highest BCUT2D eigenvalue weighted by atomic mass is 16.5. The number of anilines is 2. The number of hydrogen-bond acceptors (Lipinski definition) is 6. The summed E-state index contributed by atoms with van der Waals surface area (Å²) >= 11 is 0. The molecule has 3 aromatic rings. The lowest BCUT2D eigenvalue weighted by atomic mass is 9.78. The minimum Gasteiger partial charge on any atom is -0.497 e. The Morgan fingerprint density at radius 2 is 1.46 bits per heavy atom. The van der Waals surface area contributed by atoms with Gasteiger partial charge in [-0.3, -0.25) is 24.1 Å². The second-order valence-corrected chi connectivity index (χ2v) is 10.3. The number of methoxy groups -OCH3 is 2. The first kappa shape index (κ1) is 27.9. The lowest BCUT2D eigenvalue weighted by molar-refractivity contribution is -0.148. The Labute approximate surface area is 239 Å². The first-order valence-electron chi connectivity index (χ1n) is 13.7. The predicted molar refractivity (Wildman–Crippen MR) is 154 cm³/mol. The summed E-state index contributed by atoms with van der Waals surface area (Å²) in [4.78, 5) is 56.8.